The first kappa shape index (κ1) is 24.4. The van der Waals surface area contributed by atoms with Crippen molar-refractivity contribution in [3.8, 4) is 11.5 Å². The lowest BCUT2D eigenvalue weighted by Gasteiger charge is -2.15. The smallest absolute Gasteiger partial charge is 0.282 e. The second-order valence-corrected chi connectivity index (χ2v) is 9.52. The molecule has 0 radical (unpaired) electrons. The molecule has 4 aromatic rings. The largest absolute Gasteiger partial charge is 0.490 e. The van der Waals surface area contributed by atoms with Crippen LogP contribution >= 0.6 is 38.5 Å². The third kappa shape index (κ3) is 5.50. The Kier molecular flexibility index (Phi) is 7.99. The summed E-state index contributed by atoms with van der Waals surface area (Å²) in [5.74, 6) is 1.92. The molecular formula is C26H23BrIN3O3. The standard InChI is InChI=1S/C26H23BrIN3O3/c1-3-24-30-22-11-10-19(27)14-20(22)26(32)31(24)29-15-18-12-21(28)25(23(13-18)33-4-2)34-16-17-8-6-5-7-9-17/h5-15H,3-4,16H2,1-2H3. The van der Waals surface area contributed by atoms with E-state index in [1.54, 1.807) is 12.3 Å². The van der Waals surface area contributed by atoms with Crippen molar-refractivity contribution in [2.75, 3.05) is 6.61 Å². The van der Waals surface area contributed by atoms with E-state index < -0.39 is 0 Å². The first-order valence-electron chi connectivity index (χ1n) is 10.9. The van der Waals surface area contributed by atoms with E-state index in [2.05, 4.69) is 48.6 Å². The van der Waals surface area contributed by atoms with E-state index in [1.807, 2.05) is 68.4 Å². The lowest BCUT2D eigenvalue weighted by molar-refractivity contribution is 0.267. The SMILES string of the molecule is CCOc1cc(C=Nn2c(CC)nc3ccc(Br)cc3c2=O)cc(I)c1OCc1ccccc1. The summed E-state index contributed by atoms with van der Waals surface area (Å²) in [5.41, 5.74) is 2.32. The molecular weight excluding hydrogens is 609 g/mol. The predicted octanol–water partition coefficient (Wildman–Crippen LogP) is 6.19. The third-order valence-corrected chi connectivity index (χ3v) is 6.37. The molecule has 0 aliphatic carbocycles. The molecule has 0 unspecified atom stereocenters. The van der Waals surface area contributed by atoms with Gasteiger partial charge in [-0.05, 0) is 71.0 Å². The van der Waals surface area contributed by atoms with E-state index in [1.165, 1.54) is 4.68 Å². The maximum Gasteiger partial charge on any atom is 0.282 e. The number of fused-ring (bicyclic) bond motifs is 1. The average molecular weight is 632 g/mol. The van der Waals surface area contributed by atoms with Crippen LogP contribution in [-0.4, -0.2) is 22.5 Å². The summed E-state index contributed by atoms with van der Waals surface area (Å²) < 4.78 is 15.0. The third-order valence-electron chi connectivity index (χ3n) is 5.07. The van der Waals surface area contributed by atoms with Crippen LogP contribution in [0.1, 0.15) is 30.8 Å². The van der Waals surface area contributed by atoms with Gasteiger partial charge < -0.3 is 9.47 Å². The van der Waals surface area contributed by atoms with E-state index in [-0.39, 0.29) is 5.56 Å². The van der Waals surface area contributed by atoms with Crippen LogP contribution in [0.4, 0.5) is 0 Å². The van der Waals surface area contributed by atoms with Gasteiger partial charge in [0.2, 0.25) is 0 Å². The van der Waals surface area contributed by atoms with Crippen LogP contribution in [0.2, 0.25) is 0 Å². The molecule has 3 aromatic carbocycles. The number of aryl methyl sites for hydroxylation is 1. The molecule has 1 heterocycles. The number of hydrogen-bond acceptors (Lipinski definition) is 5. The van der Waals surface area contributed by atoms with Gasteiger partial charge in [0.05, 0.1) is 27.3 Å². The predicted molar refractivity (Wildman–Crippen MR) is 147 cm³/mol. The molecule has 0 aliphatic heterocycles. The molecule has 174 valence electrons. The average Bonchev–Trinajstić information content (AvgIpc) is 2.84. The Labute approximate surface area is 219 Å². The Bertz CT molecular complexity index is 1400. The van der Waals surface area contributed by atoms with E-state index >= 15 is 0 Å². The van der Waals surface area contributed by atoms with E-state index in [9.17, 15) is 4.79 Å². The lowest BCUT2D eigenvalue weighted by Crippen LogP contribution is -2.22. The molecule has 0 N–H and O–H groups in total. The maximum absolute atomic E-state index is 13.1. The second kappa shape index (κ2) is 11.1. The summed E-state index contributed by atoms with van der Waals surface area (Å²) in [7, 11) is 0. The molecule has 0 saturated carbocycles. The molecule has 0 saturated heterocycles. The number of ether oxygens (including phenoxy) is 2. The first-order chi connectivity index (χ1) is 16.5. The van der Waals surface area contributed by atoms with Gasteiger partial charge in [-0.15, -0.1) is 0 Å². The Morgan fingerprint density at radius 2 is 1.88 bits per heavy atom. The highest BCUT2D eigenvalue weighted by Gasteiger charge is 2.13. The van der Waals surface area contributed by atoms with Crippen LogP contribution in [0, 0.1) is 3.57 Å². The van der Waals surface area contributed by atoms with Gasteiger partial charge in [-0.3, -0.25) is 4.79 Å². The van der Waals surface area contributed by atoms with E-state index in [4.69, 9.17) is 9.47 Å². The topological polar surface area (TPSA) is 65.7 Å². The molecule has 4 rings (SSSR count). The Morgan fingerprint density at radius 3 is 2.62 bits per heavy atom. The molecule has 34 heavy (non-hydrogen) atoms. The summed E-state index contributed by atoms with van der Waals surface area (Å²) >= 11 is 5.66. The Hall–Kier alpha value is -2.72. The zero-order chi connectivity index (χ0) is 24.1. The highest BCUT2D eigenvalue weighted by Crippen LogP contribution is 2.34. The maximum atomic E-state index is 13.1. The van der Waals surface area contributed by atoms with Gasteiger partial charge in [-0.2, -0.15) is 9.78 Å². The van der Waals surface area contributed by atoms with Gasteiger partial charge in [0, 0.05) is 10.9 Å². The summed E-state index contributed by atoms with van der Waals surface area (Å²) in [6.45, 7) is 4.83. The number of halogens is 2. The Morgan fingerprint density at radius 1 is 1.09 bits per heavy atom. The molecule has 0 aliphatic rings. The fraction of sp³-hybridized carbons (Fsp3) is 0.192. The van der Waals surface area contributed by atoms with Gasteiger partial charge in [0.15, 0.2) is 11.5 Å². The van der Waals surface area contributed by atoms with Crippen molar-refractivity contribution in [3.63, 3.8) is 0 Å². The van der Waals surface area contributed by atoms with Crippen molar-refractivity contribution in [1.29, 1.82) is 0 Å². The van der Waals surface area contributed by atoms with Crippen LogP contribution < -0.4 is 15.0 Å². The molecule has 0 fully saturated rings. The normalized spacial score (nSPS) is 11.3. The number of hydrogen-bond donors (Lipinski definition) is 0. The zero-order valence-corrected chi connectivity index (χ0v) is 22.5. The van der Waals surface area contributed by atoms with Gasteiger partial charge in [-0.1, -0.05) is 53.2 Å². The summed E-state index contributed by atoms with van der Waals surface area (Å²) in [5, 5.41) is 5.01. The van der Waals surface area contributed by atoms with Crippen molar-refractivity contribution in [2.24, 2.45) is 5.10 Å². The fourth-order valence-electron chi connectivity index (χ4n) is 3.46. The van der Waals surface area contributed by atoms with Crippen LogP contribution in [0.15, 0.2) is 75.0 Å². The number of aromatic nitrogens is 2. The minimum Gasteiger partial charge on any atom is -0.490 e. The van der Waals surface area contributed by atoms with Crippen LogP contribution in [0.5, 0.6) is 11.5 Å². The Balaban J connectivity index is 1.68. The highest BCUT2D eigenvalue weighted by atomic mass is 127. The summed E-state index contributed by atoms with van der Waals surface area (Å²) in [6, 6.07) is 19.3. The van der Waals surface area contributed by atoms with Crippen molar-refractivity contribution >= 4 is 55.6 Å². The lowest BCUT2D eigenvalue weighted by atomic mass is 10.2. The number of nitrogens with zero attached hydrogens (tertiary/aromatic N) is 3. The van der Waals surface area contributed by atoms with Crippen LogP contribution in [0.25, 0.3) is 10.9 Å². The molecule has 0 amide bonds. The van der Waals surface area contributed by atoms with Crippen LogP contribution in [-0.2, 0) is 13.0 Å². The minimum absolute atomic E-state index is 0.207. The van der Waals surface area contributed by atoms with Gasteiger partial charge in [-0.25, -0.2) is 4.98 Å². The number of benzene rings is 3. The summed E-state index contributed by atoms with van der Waals surface area (Å²) in [4.78, 5) is 17.8. The zero-order valence-electron chi connectivity index (χ0n) is 18.8. The molecule has 0 atom stereocenters. The van der Waals surface area contributed by atoms with Crippen LogP contribution in [0.3, 0.4) is 0 Å². The van der Waals surface area contributed by atoms with Gasteiger partial charge in [0.1, 0.15) is 12.4 Å². The highest BCUT2D eigenvalue weighted by molar-refractivity contribution is 14.1. The van der Waals surface area contributed by atoms with E-state index in [0.717, 1.165) is 19.2 Å². The van der Waals surface area contributed by atoms with Gasteiger partial charge in [0.25, 0.3) is 5.56 Å². The minimum atomic E-state index is -0.207. The fourth-order valence-corrected chi connectivity index (χ4v) is 4.60. The molecule has 1 aromatic heterocycles. The van der Waals surface area contributed by atoms with Crippen molar-refractivity contribution in [3.05, 3.63) is 96.0 Å². The van der Waals surface area contributed by atoms with Gasteiger partial charge >= 0.3 is 0 Å². The molecule has 6 nitrogen and oxygen atoms in total. The van der Waals surface area contributed by atoms with Crippen molar-refractivity contribution in [2.45, 2.75) is 26.9 Å². The summed E-state index contributed by atoms with van der Waals surface area (Å²) in [6.07, 6.45) is 2.23. The van der Waals surface area contributed by atoms with Crippen molar-refractivity contribution in [1.82, 2.24) is 9.66 Å². The molecule has 8 heteroatoms. The monoisotopic (exact) mass is 631 g/mol. The van der Waals surface area contributed by atoms with Crippen molar-refractivity contribution < 1.29 is 9.47 Å². The quantitative estimate of drug-likeness (QED) is 0.172. The second-order valence-electron chi connectivity index (χ2n) is 7.44. The number of rotatable bonds is 8. The molecule has 0 bridgehead atoms. The molecule has 0 spiro atoms. The first-order valence-corrected chi connectivity index (χ1v) is 12.8. The van der Waals surface area contributed by atoms with E-state index in [0.29, 0.717) is 47.9 Å².